The predicted molar refractivity (Wildman–Crippen MR) is 58.3 cm³/mol. The molecule has 1 aliphatic carbocycles. The van der Waals surface area contributed by atoms with Crippen LogP contribution in [0.25, 0.3) is 0 Å². The summed E-state index contributed by atoms with van der Waals surface area (Å²) in [6.45, 7) is 4.17. The van der Waals surface area contributed by atoms with E-state index >= 15 is 0 Å². The van der Waals surface area contributed by atoms with Gasteiger partial charge in [-0.15, -0.1) is 0 Å². The fraction of sp³-hybridized carbons (Fsp3) is 1.00. The zero-order valence-electron chi connectivity index (χ0n) is 9.43. The SMILES string of the molecule is CCCOCCC1(CO)CCCCC1. The average Bonchev–Trinajstić information content (AvgIpc) is 2.26. The Kier molecular flexibility index (Phi) is 5.49. The molecule has 84 valence electrons. The maximum absolute atomic E-state index is 9.44. The first-order valence-corrected chi connectivity index (χ1v) is 6.01. The van der Waals surface area contributed by atoms with Crippen molar-refractivity contribution in [2.24, 2.45) is 5.41 Å². The molecule has 1 saturated carbocycles. The standard InChI is InChI=1S/C12H24O2/c1-2-9-14-10-8-12(11-13)6-4-3-5-7-12/h13H,2-11H2,1H3. The van der Waals surface area contributed by atoms with Gasteiger partial charge >= 0.3 is 0 Å². The molecule has 1 fully saturated rings. The highest BCUT2D eigenvalue weighted by atomic mass is 16.5. The van der Waals surface area contributed by atoms with Crippen LogP contribution in [0.1, 0.15) is 51.9 Å². The van der Waals surface area contributed by atoms with Gasteiger partial charge in [0.15, 0.2) is 0 Å². The quantitative estimate of drug-likeness (QED) is 0.668. The van der Waals surface area contributed by atoms with Crippen LogP contribution in [0.15, 0.2) is 0 Å². The van der Waals surface area contributed by atoms with E-state index in [1.165, 1.54) is 32.1 Å². The van der Waals surface area contributed by atoms with Crippen LogP contribution in [0.4, 0.5) is 0 Å². The van der Waals surface area contributed by atoms with Crippen molar-refractivity contribution in [3.63, 3.8) is 0 Å². The molecule has 0 radical (unpaired) electrons. The Morgan fingerprint density at radius 2 is 1.86 bits per heavy atom. The van der Waals surface area contributed by atoms with Gasteiger partial charge in [-0.2, -0.15) is 0 Å². The minimum atomic E-state index is 0.200. The van der Waals surface area contributed by atoms with Crippen LogP contribution >= 0.6 is 0 Å². The molecule has 0 spiro atoms. The summed E-state index contributed by atoms with van der Waals surface area (Å²) in [5.74, 6) is 0. The lowest BCUT2D eigenvalue weighted by Crippen LogP contribution is -2.29. The van der Waals surface area contributed by atoms with Crippen molar-refractivity contribution in [3.8, 4) is 0 Å². The van der Waals surface area contributed by atoms with Crippen LogP contribution in [0.5, 0.6) is 0 Å². The third kappa shape index (κ3) is 3.58. The second-order valence-corrected chi connectivity index (χ2v) is 4.58. The van der Waals surface area contributed by atoms with E-state index in [1.54, 1.807) is 0 Å². The molecule has 0 unspecified atom stereocenters. The van der Waals surface area contributed by atoms with Crippen molar-refractivity contribution >= 4 is 0 Å². The summed E-state index contributed by atoms with van der Waals surface area (Å²) in [7, 11) is 0. The van der Waals surface area contributed by atoms with Gasteiger partial charge in [0.25, 0.3) is 0 Å². The minimum Gasteiger partial charge on any atom is -0.396 e. The van der Waals surface area contributed by atoms with Gasteiger partial charge in [0.2, 0.25) is 0 Å². The van der Waals surface area contributed by atoms with E-state index < -0.39 is 0 Å². The lowest BCUT2D eigenvalue weighted by atomic mass is 9.73. The van der Waals surface area contributed by atoms with Gasteiger partial charge in [-0.05, 0) is 31.1 Å². The number of hydrogen-bond acceptors (Lipinski definition) is 2. The molecule has 0 aromatic rings. The fourth-order valence-corrected chi connectivity index (χ4v) is 2.32. The van der Waals surface area contributed by atoms with E-state index in [2.05, 4.69) is 6.92 Å². The fourth-order valence-electron chi connectivity index (χ4n) is 2.32. The first-order valence-electron chi connectivity index (χ1n) is 6.01. The van der Waals surface area contributed by atoms with Crippen molar-refractivity contribution in [1.29, 1.82) is 0 Å². The molecule has 14 heavy (non-hydrogen) atoms. The van der Waals surface area contributed by atoms with Crippen LogP contribution in [-0.2, 0) is 4.74 Å². The second-order valence-electron chi connectivity index (χ2n) is 4.58. The van der Waals surface area contributed by atoms with Gasteiger partial charge < -0.3 is 9.84 Å². The van der Waals surface area contributed by atoms with Crippen molar-refractivity contribution in [3.05, 3.63) is 0 Å². The Morgan fingerprint density at radius 1 is 1.14 bits per heavy atom. The van der Waals surface area contributed by atoms with Crippen molar-refractivity contribution < 1.29 is 9.84 Å². The Hall–Kier alpha value is -0.0800. The van der Waals surface area contributed by atoms with Gasteiger partial charge in [-0.3, -0.25) is 0 Å². The van der Waals surface area contributed by atoms with Gasteiger partial charge in [-0.1, -0.05) is 26.2 Å². The summed E-state index contributed by atoms with van der Waals surface area (Å²) < 4.78 is 5.50. The number of aliphatic hydroxyl groups is 1. The van der Waals surface area contributed by atoms with Crippen molar-refractivity contribution in [1.82, 2.24) is 0 Å². The number of aliphatic hydroxyl groups excluding tert-OH is 1. The van der Waals surface area contributed by atoms with Crippen molar-refractivity contribution in [2.75, 3.05) is 19.8 Å². The zero-order valence-corrected chi connectivity index (χ0v) is 9.43. The monoisotopic (exact) mass is 200 g/mol. The normalized spacial score (nSPS) is 21.0. The summed E-state index contributed by atoms with van der Waals surface area (Å²) >= 11 is 0. The highest BCUT2D eigenvalue weighted by Gasteiger charge is 2.30. The number of hydrogen-bond donors (Lipinski definition) is 1. The van der Waals surface area contributed by atoms with Gasteiger partial charge in [0.05, 0.1) is 0 Å². The van der Waals surface area contributed by atoms with E-state index in [0.29, 0.717) is 6.61 Å². The summed E-state index contributed by atoms with van der Waals surface area (Å²) in [6, 6.07) is 0. The molecular weight excluding hydrogens is 176 g/mol. The molecule has 0 amide bonds. The molecule has 1 rings (SSSR count). The summed E-state index contributed by atoms with van der Waals surface area (Å²) in [6.07, 6.45) is 8.44. The van der Waals surface area contributed by atoms with E-state index in [1.807, 2.05) is 0 Å². The molecule has 0 aromatic carbocycles. The summed E-state index contributed by atoms with van der Waals surface area (Å²) in [5.41, 5.74) is 0.200. The highest BCUT2D eigenvalue weighted by molar-refractivity contribution is 4.81. The Labute approximate surface area is 87.7 Å². The van der Waals surface area contributed by atoms with E-state index in [9.17, 15) is 5.11 Å². The maximum Gasteiger partial charge on any atom is 0.0488 e. The van der Waals surface area contributed by atoms with E-state index in [4.69, 9.17) is 4.74 Å². The van der Waals surface area contributed by atoms with Gasteiger partial charge in [-0.25, -0.2) is 0 Å². The first-order chi connectivity index (χ1) is 6.83. The van der Waals surface area contributed by atoms with Crippen molar-refractivity contribution in [2.45, 2.75) is 51.9 Å². The molecule has 0 saturated heterocycles. The summed E-state index contributed by atoms with van der Waals surface area (Å²) in [4.78, 5) is 0. The van der Waals surface area contributed by atoms with Crippen LogP contribution < -0.4 is 0 Å². The minimum absolute atomic E-state index is 0.200. The average molecular weight is 200 g/mol. The summed E-state index contributed by atoms with van der Waals surface area (Å²) in [5, 5.41) is 9.44. The Bertz CT molecular complexity index is 139. The topological polar surface area (TPSA) is 29.5 Å². The van der Waals surface area contributed by atoms with E-state index in [0.717, 1.165) is 26.1 Å². The predicted octanol–water partition coefficient (Wildman–Crippen LogP) is 2.75. The number of ether oxygens (including phenoxy) is 1. The highest BCUT2D eigenvalue weighted by Crippen LogP contribution is 2.38. The lowest BCUT2D eigenvalue weighted by Gasteiger charge is -2.35. The van der Waals surface area contributed by atoms with Crippen LogP contribution in [0.2, 0.25) is 0 Å². The molecule has 2 nitrogen and oxygen atoms in total. The van der Waals surface area contributed by atoms with E-state index in [-0.39, 0.29) is 5.41 Å². The molecule has 1 aliphatic rings. The maximum atomic E-state index is 9.44. The molecule has 2 heteroatoms. The molecular formula is C12H24O2. The third-order valence-electron chi connectivity index (χ3n) is 3.37. The molecule has 0 bridgehead atoms. The third-order valence-corrected chi connectivity index (χ3v) is 3.37. The Balaban J connectivity index is 2.22. The molecule has 0 aromatic heterocycles. The number of rotatable bonds is 6. The van der Waals surface area contributed by atoms with Gasteiger partial charge in [0, 0.05) is 19.8 Å². The Morgan fingerprint density at radius 3 is 2.43 bits per heavy atom. The first kappa shape index (κ1) is 12.0. The second kappa shape index (κ2) is 6.41. The molecule has 0 heterocycles. The smallest absolute Gasteiger partial charge is 0.0488 e. The molecule has 0 aliphatic heterocycles. The largest absolute Gasteiger partial charge is 0.396 e. The molecule has 0 atom stereocenters. The molecule has 1 N–H and O–H groups in total. The van der Waals surface area contributed by atoms with Gasteiger partial charge in [0.1, 0.15) is 0 Å². The lowest BCUT2D eigenvalue weighted by molar-refractivity contribution is 0.0319. The van der Waals surface area contributed by atoms with Crippen LogP contribution in [0.3, 0.4) is 0 Å². The van der Waals surface area contributed by atoms with Crippen LogP contribution in [0, 0.1) is 5.41 Å². The zero-order chi connectivity index (χ0) is 10.3. The van der Waals surface area contributed by atoms with Crippen LogP contribution in [-0.4, -0.2) is 24.9 Å².